The Morgan fingerprint density at radius 2 is 1.92 bits per heavy atom. The van der Waals surface area contributed by atoms with Gasteiger partial charge in [-0.3, -0.25) is 4.79 Å². The summed E-state index contributed by atoms with van der Waals surface area (Å²) in [4.78, 5) is 11.7. The maximum atomic E-state index is 11.7. The lowest BCUT2D eigenvalue weighted by atomic mass is 10.1. The molecule has 2 aromatic carbocycles. The molecule has 24 heavy (non-hydrogen) atoms. The fourth-order valence-corrected chi connectivity index (χ4v) is 2.25. The third-order valence-corrected chi connectivity index (χ3v) is 3.56. The first-order valence-corrected chi connectivity index (χ1v) is 7.88. The summed E-state index contributed by atoms with van der Waals surface area (Å²) in [7, 11) is 1.52. The number of methoxy groups -OCH3 is 1. The van der Waals surface area contributed by atoms with Crippen molar-refractivity contribution in [2.45, 2.75) is 26.1 Å². The van der Waals surface area contributed by atoms with E-state index in [4.69, 9.17) is 15.2 Å². The average Bonchev–Trinajstić information content (AvgIpc) is 2.59. The van der Waals surface area contributed by atoms with E-state index in [9.17, 15) is 4.79 Å². The molecule has 0 spiro atoms. The van der Waals surface area contributed by atoms with Gasteiger partial charge in [0, 0.05) is 13.7 Å². The maximum Gasteiger partial charge on any atom is 0.239 e. The van der Waals surface area contributed by atoms with Gasteiger partial charge in [-0.1, -0.05) is 42.0 Å². The molecule has 1 unspecified atom stereocenters. The smallest absolute Gasteiger partial charge is 0.239 e. The van der Waals surface area contributed by atoms with Crippen molar-refractivity contribution in [1.29, 1.82) is 0 Å². The van der Waals surface area contributed by atoms with Crippen molar-refractivity contribution in [2.75, 3.05) is 13.7 Å². The zero-order chi connectivity index (χ0) is 17.4. The lowest BCUT2D eigenvalue weighted by Crippen LogP contribution is -2.43. The predicted octanol–water partition coefficient (Wildman–Crippen LogP) is 2.16. The van der Waals surface area contributed by atoms with Crippen LogP contribution in [0.5, 0.6) is 5.75 Å². The van der Waals surface area contributed by atoms with Crippen LogP contribution in [-0.2, 0) is 22.7 Å². The van der Waals surface area contributed by atoms with Crippen LogP contribution in [-0.4, -0.2) is 25.7 Å². The van der Waals surface area contributed by atoms with Crippen molar-refractivity contribution in [3.05, 3.63) is 65.2 Å². The fraction of sp³-hybridized carbons (Fsp3) is 0.316. The molecule has 1 amide bonds. The van der Waals surface area contributed by atoms with E-state index in [0.717, 1.165) is 16.9 Å². The van der Waals surface area contributed by atoms with Crippen LogP contribution in [0.25, 0.3) is 0 Å². The van der Waals surface area contributed by atoms with Gasteiger partial charge in [-0.25, -0.2) is 0 Å². The second-order valence-corrected chi connectivity index (χ2v) is 5.70. The van der Waals surface area contributed by atoms with Crippen LogP contribution in [0.4, 0.5) is 0 Å². The summed E-state index contributed by atoms with van der Waals surface area (Å²) in [6.45, 7) is 3.22. The van der Waals surface area contributed by atoms with Crippen LogP contribution in [0.2, 0.25) is 0 Å². The summed E-state index contributed by atoms with van der Waals surface area (Å²) in [6, 6.07) is 15.2. The molecule has 5 nitrogen and oxygen atoms in total. The van der Waals surface area contributed by atoms with Crippen molar-refractivity contribution < 1.29 is 14.3 Å². The Bertz CT molecular complexity index is 656. The van der Waals surface area contributed by atoms with Crippen molar-refractivity contribution in [3.8, 4) is 5.75 Å². The molecular weight excluding hydrogens is 304 g/mol. The van der Waals surface area contributed by atoms with E-state index in [-0.39, 0.29) is 12.5 Å². The summed E-state index contributed by atoms with van der Waals surface area (Å²) in [5.74, 6) is 0.569. The van der Waals surface area contributed by atoms with Crippen LogP contribution in [0.1, 0.15) is 16.7 Å². The Morgan fingerprint density at radius 1 is 1.17 bits per heavy atom. The number of benzene rings is 2. The van der Waals surface area contributed by atoms with Crippen molar-refractivity contribution in [1.82, 2.24) is 5.32 Å². The van der Waals surface area contributed by atoms with E-state index < -0.39 is 6.04 Å². The van der Waals surface area contributed by atoms with E-state index in [1.54, 1.807) is 0 Å². The summed E-state index contributed by atoms with van der Waals surface area (Å²) >= 11 is 0. The van der Waals surface area contributed by atoms with Crippen LogP contribution < -0.4 is 15.8 Å². The number of hydrogen-bond acceptors (Lipinski definition) is 4. The van der Waals surface area contributed by atoms with E-state index >= 15 is 0 Å². The van der Waals surface area contributed by atoms with Gasteiger partial charge >= 0.3 is 0 Å². The Balaban J connectivity index is 1.81. The van der Waals surface area contributed by atoms with Crippen molar-refractivity contribution in [2.24, 2.45) is 5.73 Å². The second-order valence-electron chi connectivity index (χ2n) is 5.70. The van der Waals surface area contributed by atoms with Crippen LogP contribution in [0, 0.1) is 6.92 Å². The van der Waals surface area contributed by atoms with Gasteiger partial charge in [0.15, 0.2) is 0 Å². The minimum Gasteiger partial charge on any atom is -0.489 e. The largest absolute Gasteiger partial charge is 0.489 e. The van der Waals surface area contributed by atoms with E-state index in [1.165, 1.54) is 12.7 Å². The minimum absolute atomic E-state index is 0.206. The summed E-state index contributed by atoms with van der Waals surface area (Å²) < 4.78 is 10.6. The third kappa shape index (κ3) is 5.68. The van der Waals surface area contributed by atoms with Crippen LogP contribution >= 0.6 is 0 Å². The van der Waals surface area contributed by atoms with Crippen molar-refractivity contribution >= 4 is 5.91 Å². The van der Waals surface area contributed by atoms with Crippen molar-refractivity contribution in [3.63, 3.8) is 0 Å². The number of rotatable bonds is 8. The Hall–Kier alpha value is -2.37. The fourth-order valence-electron chi connectivity index (χ4n) is 2.25. The van der Waals surface area contributed by atoms with Gasteiger partial charge in [-0.2, -0.15) is 0 Å². The molecule has 0 aliphatic rings. The standard InChI is InChI=1S/C19H24N2O3/c1-14-4-3-5-16(10-14)12-24-17-8-6-15(7-9-17)11-21-19(22)18(20)13-23-2/h3-10,18H,11-13,20H2,1-2H3,(H,21,22). The molecule has 0 aliphatic carbocycles. The molecule has 0 aliphatic heterocycles. The first kappa shape index (κ1) is 18.0. The molecule has 0 saturated carbocycles. The Morgan fingerprint density at radius 3 is 2.58 bits per heavy atom. The lowest BCUT2D eigenvalue weighted by molar-refractivity contribution is -0.123. The highest BCUT2D eigenvalue weighted by Gasteiger charge is 2.12. The number of carbonyl (C=O) groups is 1. The molecule has 0 aromatic heterocycles. The van der Waals surface area contributed by atoms with Gasteiger partial charge in [0.1, 0.15) is 18.4 Å². The number of aryl methyl sites for hydroxylation is 1. The predicted molar refractivity (Wildman–Crippen MR) is 93.7 cm³/mol. The number of ether oxygens (including phenoxy) is 2. The average molecular weight is 328 g/mol. The van der Waals surface area contributed by atoms with Gasteiger partial charge < -0.3 is 20.5 Å². The normalized spacial score (nSPS) is 11.8. The first-order chi connectivity index (χ1) is 11.6. The molecule has 0 heterocycles. The minimum atomic E-state index is -0.646. The van der Waals surface area contributed by atoms with Gasteiger partial charge in [0.2, 0.25) is 5.91 Å². The van der Waals surface area contributed by atoms with E-state index in [2.05, 4.69) is 24.4 Å². The van der Waals surface area contributed by atoms with Crippen LogP contribution in [0.3, 0.4) is 0 Å². The monoisotopic (exact) mass is 328 g/mol. The number of hydrogen-bond donors (Lipinski definition) is 2. The number of carbonyl (C=O) groups excluding carboxylic acids is 1. The molecule has 0 bridgehead atoms. The van der Waals surface area contributed by atoms with Gasteiger partial charge in [-0.05, 0) is 30.2 Å². The van der Waals surface area contributed by atoms with Crippen LogP contribution in [0.15, 0.2) is 48.5 Å². The van der Waals surface area contributed by atoms with Gasteiger partial charge in [-0.15, -0.1) is 0 Å². The molecule has 128 valence electrons. The molecule has 5 heteroatoms. The number of nitrogens with one attached hydrogen (secondary N) is 1. The molecular formula is C19H24N2O3. The molecule has 2 aromatic rings. The molecule has 0 fully saturated rings. The number of amides is 1. The maximum absolute atomic E-state index is 11.7. The van der Waals surface area contributed by atoms with Gasteiger partial charge in [0.05, 0.1) is 6.61 Å². The quantitative estimate of drug-likeness (QED) is 0.779. The first-order valence-electron chi connectivity index (χ1n) is 7.88. The molecule has 2 rings (SSSR count). The molecule has 3 N–H and O–H groups in total. The summed E-state index contributed by atoms with van der Waals surface area (Å²) in [5.41, 5.74) is 9.00. The highest BCUT2D eigenvalue weighted by Crippen LogP contribution is 2.14. The molecule has 0 saturated heterocycles. The highest BCUT2D eigenvalue weighted by molar-refractivity contribution is 5.81. The second kappa shape index (κ2) is 9.05. The molecule has 1 atom stereocenters. The highest BCUT2D eigenvalue weighted by atomic mass is 16.5. The topological polar surface area (TPSA) is 73.6 Å². The Kier molecular flexibility index (Phi) is 6.78. The lowest BCUT2D eigenvalue weighted by Gasteiger charge is -2.12. The van der Waals surface area contributed by atoms with E-state index in [0.29, 0.717) is 13.2 Å². The SMILES string of the molecule is COCC(N)C(=O)NCc1ccc(OCc2cccc(C)c2)cc1. The zero-order valence-electron chi connectivity index (χ0n) is 14.1. The van der Waals surface area contributed by atoms with E-state index in [1.807, 2.05) is 36.4 Å². The van der Waals surface area contributed by atoms with Gasteiger partial charge in [0.25, 0.3) is 0 Å². The summed E-state index contributed by atoms with van der Waals surface area (Å²) in [6.07, 6.45) is 0. The zero-order valence-corrected chi connectivity index (χ0v) is 14.1. The molecule has 0 radical (unpaired) electrons. The number of nitrogens with two attached hydrogens (primary N) is 1. The Labute approximate surface area is 142 Å². The third-order valence-electron chi connectivity index (χ3n) is 3.56. The summed E-state index contributed by atoms with van der Waals surface area (Å²) in [5, 5.41) is 2.78.